The highest BCUT2D eigenvalue weighted by Gasteiger charge is 2.07. The summed E-state index contributed by atoms with van der Waals surface area (Å²) in [4.78, 5) is 0. The summed E-state index contributed by atoms with van der Waals surface area (Å²) in [5.74, 6) is 0. The summed E-state index contributed by atoms with van der Waals surface area (Å²) in [5, 5.41) is 2.04. The lowest BCUT2D eigenvalue weighted by molar-refractivity contribution is -0.671. The van der Waals surface area contributed by atoms with E-state index in [-0.39, 0.29) is 24.0 Å². The fourth-order valence-electron chi connectivity index (χ4n) is 2.86. The summed E-state index contributed by atoms with van der Waals surface area (Å²) in [6, 6.07) is 10.4. The number of nitrogens with zero attached hydrogens (tertiary/aromatic N) is 1. The molecule has 2 rings (SSSR count). The molecule has 0 saturated heterocycles. The van der Waals surface area contributed by atoms with Gasteiger partial charge in [-0.15, -0.1) is 0 Å². The number of hydrogen-bond acceptors (Lipinski definition) is 0. The first-order valence-electron chi connectivity index (χ1n) is 8.39. The molecule has 0 atom stereocenters. The molecule has 3 heteroatoms. The first kappa shape index (κ1) is 19.7. The van der Waals surface area contributed by atoms with Crippen molar-refractivity contribution < 1.29 is 28.5 Å². The molecule has 0 aliphatic carbocycles. The van der Waals surface area contributed by atoms with Crippen molar-refractivity contribution in [3.63, 3.8) is 0 Å². The molecule has 0 unspecified atom stereocenters. The number of aromatic nitrogens is 1. The second kappa shape index (κ2) is 11.2. The zero-order valence-corrected chi connectivity index (χ0v) is 16.4. The molecule has 122 valence electrons. The number of rotatable bonds is 9. The Balaban J connectivity index is 0.00000242. The van der Waals surface area contributed by atoms with Crippen molar-refractivity contribution in [1.82, 2.24) is 0 Å². The third kappa shape index (κ3) is 6.41. The van der Waals surface area contributed by atoms with Gasteiger partial charge in [0.15, 0.2) is 6.20 Å². The van der Waals surface area contributed by atoms with Gasteiger partial charge in [0, 0.05) is 29.0 Å². The van der Waals surface area contributed by atoms with Crippen LogP contribution in [0.25, 0.3) is 10.9 Å². The van der Waals surface area contributed by atoms with Crippen LogP contribution in [0.1, 0.15) is 58.3 Å². The maximum Gasteiger partial charge on any atom is 0.212 e. The van der Waals surface area contributed by atoms with Gasteiger partial charge in [-0.1, -0.05) is 57.0 Å². The van der Waals surface area contributed by atoms with E-state index in [4.69, 9.17) is 11.6 Å². The molecule has 0 amide bonds. The lowest BCUT2D eigenvalue weighted by Gasteiger charge is -2.03. The molecule has 2 aromatic rings. The lowest BCUT2D eigenvalue weighted by Crippen LogP contribution is -3.00. The van der Waals surface area contributed by atoms with Crippen LogP contribution in [0, 0.1) is 0 Å². The smallest absolute Gasteiger partial charge is 0.212 e. The molecule has 22 heavy (non-hydrogen) atoms. The van der Waals surface area contributed by atoms with E-state index >= 15 is 0 Å². The fourth-order valence-corrected chi connectivity index (χ4v) is 3.04. The van der Waals surface area contributed by atoms with Crippen LogP contribution < -0.4 is 28.5 Å². The number of aryl methyl sites for hydroxylation is 1. The van der Waals surface area contributed by atoms with Gasteiger partial charge in [0.1, 0.15) is 6.54 Å². The second-order valence-electron chi connectivity index (χ2n) is 5.88. The molecule has 0 fully saturated rings. The van der Waals surface area contributed by atoms with Crippen LogP contribution in [-0.4, -0.2) is 0 Å². The molecular formula is C19H27ClIN. The average Bonchev–Trinajstić information content (AvgIpc) is 2.49. The van der Waals surface area contributed by atoms with Gasteiger partial charge in [-0.25, -0.2) is 0 Å². The Kier molecular flexibility index (Phi) is 10.1. The van der Waals surface area contributed by atoms with Gasteiger partial charge in [-0.05, 0) is 24.6 Å². The highest BCUT2D eigenvalue weighted by Crippen LogP contribution is 2.16. The highest BCUT2D eigenvalue weighted by molar-refractivity contribution is 6.31. The van der Waals surface area contributed by atoms with E-state index < -0.39 is 0 Å². The molecule has 0 aliphatic rings. The minimum absolute atomic E-state index is 0. The maximum absolute atomic E-state index is 6.06. The van der Waals surface area contributed by atoms with Crippen molar-refractivity contribution in [1.29, 1.82) is 0 Å². The minimum atomic E-state index is 0. The van der Waals surface area contributed by atoms with Crippen molar-refractivity contribution in [2.24, 2.45) is 0 Å². The van der Waals surface area contributed by atoms with Crippen molar-refractivity contribution >= 4 is 22.5 Å². The van der Waals surface area contributed by atoms with Gasteiger partial charge in [-0.3, -0.25) is 0 Å². The van der Waals surface area contributed by atoms with Gasteiger partial charge in [-0.2, -0.15) is 4.57 Å². The van der Waals surface area contributed by atoms with Crippen molar-refractivity contribution in [2.45, 2.75) is 64.8 Å². The molecule has 1 aromatic carbocycles. The molecule has 0 spiro atoms. The van der Waals surface area contributed by atoms with Crippen LogP contribution in [0.2, 0.25) is 5.02 Å². The highest BCUT2D eigenvalue weighted by atomic mass is 127. The summed E-state index contributed by atoms with van der Waals surface area (Å²) in [6.07, 6.45) is 13.1. The summed E-state index contributed by atoms with van der Waals surface area (Å²) >= 11 is 6.06. The Morgan fingerprint density at radius 3 is 2.32 bits per heavy atom. The van der Waals surface area contributed by atoms with Crippen molar-refractivity contribution in [3.05, 3.63) is 41.6 Å². The van der Waals surface area contributed by atoms with E-state index in [2.05, 4.69) is 35.9 Å². The zero-order valence-electron chi connectivity index (χ0n) is 13.5. The van der Waals surface area contributed by atoms with Gasteiger partial charge in [0.25, 0.3) is 0 Å². The minimum Gasteiger partial charge on any atom is -1.00 e. The normalized spacial score (nSPS) is 10.6. The number of halogens is 2. The van der Waals surface area contributed by atoms with E-state index in [0.717, 1.165) is 11.6 Å². The standard InChI is InChI=1S/C19H27ClN.HI/c1-2-3-4-5-6-7-8-9-14-21-15-10-11-17-16-18(20)12-13-19(17)21;/h10-13,15-16H,2-9,14H2,1H3;1H/q+1;/p-1. The Morgan fingerprint density at radius 1 is 0.909 bits per heavy atom. The molecule has 1 aromatic heterocycles. The van der Waals surface area contributed by atoms with E-state index in [1.54, 1.807) is 0 Å². The zero-order chi connectivity index (χ0) is 14.9. The van der Waals surface area contributed by atoms with Crippen LogP contribution in [-0.2, 0) is 6.54 Å². The molecule has 1 heterocycles. The third-order valence-corrected chi connectivity index (χ3v) is 4.33. The topological polar surface area (TPSA) is 3.88 Å². The van der Waals surface area contributed by atoms with Crippen molar-refractivity contribution in [3.8, 4) is 0 Å². The van der Waals surface area contributed by atoms with Gasteiger partial charge < -0.3 is 24.0 Å². The summed E-state index contributed by atoms with van der Waals surface area (Å²) in [5.41, 5.74) is 1.28. The van der Waals surface area contributed by atoms with Crippen LogP contribution in [0.15, 0.2) is 36.5 Å². The number of fused-ring (bicyclic) bond motifs is 1. The Bertz CT molecular complexity index is 556. The van der Waals surface area contributed by atoms with Gasteiger partial charge in [0.05, 0.1) is 0 Å². The predicted octanol–water partition coefficient (Wildman–Crippen LogP) is 2.93. The third-order valence-electron chi connectivity index (χ3n) is 4.09. The largest absolute Gasteiger partial charge is 1.00 e. The molecule has 0 radical (unpaired) electrons. The van der Waals surface area contributed by atoms with E-state index in [9.17, 15) is 0 Å². The molecule has 0 bridgehead atoms. The van der Waals surface area contributed by atoms with Crippen molar-refractivity contribution in [2.75, 3.05) is 0 Å². The Hall–Kier alpha value is -0.350. The molecule has 0 aliphatic heterocycles. The molecule has 0 N–H and O–H groups in total. The summed E-state index contributed by atoms with van der Waals surface area (Å²) < 4.78 is 2.35. The number of unbranched alkanes of at least 4 members (excludes halogenated alkanes) is 7. The molecular weight excluding hydrogens is 405 g/mol. The number of pyridine rings is 1. The summed E-state index contributed by atoms with van der Waals surface area (Å²) in [6.45, 7) is 3.38. The fraction of sp³-hybridized carbons (Fsp3) is 0.526. The van der Waals surface area contributed by atoms with Crippen LogP contribution in [0.3, 0.4) is 0 Å². The van der Waals surface area contributed by atoms with E-state index in [0.29, 0.717) is 0 Å². The van der Waals surface area contributed by atoms with E-state index in [1.807, 2.05) is 12.1 Å². The van der Waals surface area contributed by atoms with Crippen LogP contribution in [0.4, 0.5) is 0 Å². The van der Waals surface area contributed by atoms with Gasteiger partial charge >= 0.3 is 0 Å². The molecule has 1 nitrogen and oxygen atoms in total. The molecule has 0 saturated carbocycles. The SMILES string of the molecule is CCCCCCCCCC[n+]1cccc2cc(Cl)ccc21.[I-]. The van der Waals surface area contributed by atoms with Crippen LogP contribution in [0.5, 0.6) is 0 Å². The maximum atomic E-state index is 6.06. The monoisotopic (exact) mass is 431 g/mol. The lowest BCUT2D eigenvalue weighted by atomic mass is 10.1. The van der Waals surface area contributed by atoms with E-state index in [1.165, 1.54) is 62.3 Å². The van der Waals surface area contributed by atoms with Gasteiger partial charge in [0.2, 0.25) is 5.52 Å². The number of benzene rings is 1. The first-order valence-corrected chi connectivity index (χ1v) is 8.77. The average molecular weight is 432 g/mol. The quantitative estimate of drug-likeness (QED) is 0.326. The predicted molar refractivity (Wildman–Crippen MR) is 91.8 cm³/mol. The first-order chi connectivity index (χ1) is 10.3. The Morgan fingerprint density at radius 2 is 1.59 bits per heavy atom. The van der Waals surface area contributed by atoms with Crippen LogP contribution >= 0.6 is 11.6 Å². The second-order valence-corrected chi connectivity index (χ2v) is 6.32. The summed E-state index contributed by atoms with van der Waals surface area (Å²) in [7, 11) is 0. The Labute approximate surface area is 157 Å². The number of hydrogen-bond donors (Lipinski definition) is 0.